The van der Waals surface area contributed by atoms with Gasteiger partial charge in [0.05, 0.1) is 5.52 Å². The Morgan fingerprint density at radius 3 is 2.58 bits per heavy atom. The van der Waals surface area contributed by atoms with Crippen LogP contribution < -0.4 is 10.6 Å². The number of amides is 2. The van der Waals surface area contributed by atoms with Crippen molar-refractivity contribution in [3.8, 4) is 0 Å². The van der Waals surface area contributed by atoms with Gasteiger partial charge in [0.2, 0.25) is 11.8 Å². The van der Waals surface area contributed by atoms with Crippen molar-refractivity contribution in [1.29, 1.82) is 0 Å². The summed E-state index contributed by atoms with van der Waals surface area (Å²) in [7, 11) is 1.61. The summed E-state index contributed by atoms with van der Waals surface area (Å²) in [4.78, 5) is 34.9. The molecule has 26 heavy (non-hydrogen) atoms. The molecule has 0 saturated carbocycles. The van der Waals surface area contributed by atoms with Gasteiger partial charge in [0.25, 0.3) is 0 Å². The van der Waals surface area contributed by atoms with E-state index in [1.807, 2.05) is 42.0 Å². The molecule has 140 valence electrons. The first kappa shape index (κ1) is 19.7. The lowest BCUT2D eigenvalue weighted by atomic mass is 10.00. The van der Waals surface area contributed by atoms with Crippen molar-refractivity contribution >= 4 is 34.2 Å². The van der Waals surface area contributed by atoms with Crippen LogP contribution in [0, 0.1) is 5.92 Å². The monoisotopic (exact) mass is 357 g/mol. The number of aromatic nitrogens is 1. The highest BCUT2D eigenvalue weighted by molar-refractivity contribution is 5.94. The molecule has 2 amide bonds. The van der Waals surface area contributed by atoms with Crippen LogP contribution in [-0.4, -0.2) is 29.2 Å². The maximum Gasteiger partial charge on any atom is 0.239 e. The smallest absolute Gasteiger partial charge is 0.239 e. The number of nitrogens with one attached hydrogen (secondary N) is 2. The summed E-state index contributed by atoms with van der Waals surface area (Å²) < 4.78 is 1.85. The van der Waals surface area contributed by atoms with E-state index < -0.39 is 0 Å². The van der Waals surface area contributed by atoms with Crippen LogP contribution in [0.4, 0.5) is 5.69 Å². The number of likely N-dealkylation sites (N-methyl/N-ethyl adjacent to an activating group) is 1. The van der Waals surface area contributed by atoms with Crippen molar-refractivity contribution in [2.24, 2.45) is 5.92 Å². The molecule has 1 aromatic carbocycles. The van der Waals surface area contributed by atoms with E-state index in [0.717, 1.165) is 35.9 Å². The topological polar surface area (TPSA) is 80.2 Å². The Morgan fingerprint density at radius 1 is 1.12 bits per heavy atom. The summed E-state index contributed by atoms with van der Waals surface area (Å²) >= 11 is 0. The molecule has 0 saturated heterocycles. The minimum Gasteiger partial charge on any atom is -0.358 e. The summed E-state index contributed by atoms with van der Waals surface area (Å²) in [5, 5.41) is 6.54. The molecule has 2 rings (SSSR count). The van der Waals surface area contributed by atoms with Gasteiger partial charge < -0.3 is 15.2 Å². The fourth-order valence-corrected chi connectivity index (χ4v) is 2.80. The minimum atomic E-state index is -0.0725. The quantitative estimate of drug-likeness (QED) is 0.677. The molecule has 2 N–H and O–H groups in total. The number of nitrogens with zero attached hydrogens (tertiary/aromatic N) is 1. The van der Waals surface area contributed by atoms with Gasteiger partial charge in [-0.25, -0.2) is 0 Å². The fraction of sp³-hybridized carbons (Fsp3) is 0.450. The fourth-order valence-electron chi connectivity index (χ4n) is 2.80. The molecule has 1 unspecified atom stereocenters. The Labute approximate surface area is 153 Å². The number of carbonyl (C=O) groups excluding carboxylic acids is 3. The zero-order valence-corrected chi connectivity index (χ0v) is 15.7. The molecule has 2 aromatic rings. The number of anilines is 1. The van der Waals surface area contributed by atoms with Gasteiger partial charge in [0.1, 0.15) is 12.3 Å². The van der Waals surface area contributed by atoms with E-state index in [1.54, 1.807) is 14.0 Å². The number of unbranched alkanes of at least 4 members (excludes halogenated alkanes) is 1. The first-order valence-corrected chi connectivity index (χ1v) is 9.00. The molecule has 0 aliphatic carbocycles. The maximum absolute atomic E-state index is 12.1. The maximum atomic E-state index is 12.1. The molecular formula is C20H27N3O3. The van der Waals surface area contributed by atoms with Crippen molar-refractivity contribution in [3.05, 3.63) is 30.5 Å². The van der Waals surface area contributed by atoms with E-state index in [-0.39, 0.29) is 30.1 Å². The standard InChI is InChI=1S/C20H27N3O3/c1-14(15(2)24)6-4-5-7-19(25)22-17-9-8-16-10-11-23(18(16)12-17)13-20(26)21-3/h8-12,14H,4-7,13H2,1-3H3,(H,21,26)(H,22,25). The van der Waals surface area contributed by atoms with Crippen LogP contribution in [0.3, 0.4) is 0 Å². The molecule has 6 nitrogen and oxygen atoms in total. The third-order valence-electron chi connectivity index (χ3n) is 4.64. The third-order valence-corrected chi connectivity index (χ3v) is 4.64. The largest absolute Gasteiger partial charge is 0.358 e. The van der Waals surface area contributed by atoms with Crippen LogP contribution in [0.5, 0.6) is 0 Å². The van der Waals surface area contributed by atoms with Crippen LogP contribution in [0.2, 0.25) is 0 Å². The molecule has 0 bridgehead atoms. The van der Waals surface area contributed by atoms with Crippen LogP contribution in [0.1, 0.15) is 39.5 Å². The van der Waals surface area contributed by atoms with Crippen molar-refractivity contribution in [1.82, 2.24) is 9.88 Å². The zero-order valence-electron chi connectivity index (χ0n) is 15.7. The van der Waals surface area contributed by atoms with Crippen LogP contribution in [0.15, 0.2) is 30.5 Å². The lowest BCUT2D eigenvalue weighted by molar-refractivity contribution is -0.121. The summed E-state index contributed by atoms with van der Waals surface area (Å²) in [5.74, 6) is 0.150. The number of hydrogen-bond donors (Lipinski definition) is 2. The third kappa shape index (κ3) is 5.44. The van der Waals surface area contributed by atoms with Crippen LogP contribution in [0.25, 0.3) is 10.9 Å². The van der Waals surface area contributed by atoms with Gasteiger partial charge in [0.15, 0.2) is 0 Å². The van der Waals surface area contributed by atoms with Gasteiger partial charge in [-0.3, -0.25) is 14.4 Å². The van der Waals surface area contributed by atoms with Crippen molar-refractivity contribution in [3.63, 3.8) is 0 Å². The van der Waals surface area contributed by atoms with Crippen LogP contribution >= 0.6 is 0 Å². The second kappa shape index (κ2) is 9.17. The highest BCUT2D eigenvalue weighted by atomic mass is 16.2. The average Bonchev–Trinajstić information content (AvgIpc) is 3.00. The Bertz CT molecular complexity index is 795. The molecule has 1 aromatic heterocycles. The predicted molar refractivity (Wildman–Crippen MR) is 103 cm³/mol. The van der Waals surface area contributed by atoms with E-state index in [9.17, 15) is 14.4 Å². The number of Topliss-reactive ketones (excluding diaryl/α,β-unsaturated/α-hetero) is 1. The van der Waals surface area contributed by atoms with E-state index >= 15 is 0 Å². The van der Waals surface area contributed by atoms with Crippen molar-refractivity contribution in [2.75, 3.05) is 12.4 Å². The van der Waals surface area contributed by atoms with Gasteiger partial charge in [-0.1, -0.05) is 19.4 Å². The summed E-state index contributed by atoms with van der Waals surface area (Å²) in [6.07, 6.45) is 4.74. The van der Waals surface area contributed by atoms with Gasteiger partial charge >= 0.3 is 0 Å². The Morgan fingerprint density at radius 2 is 1.88 bits per heavy atom. The van der Waals surface area contributed by atoms with Gasteiger partial charge in [-0.05, 0) is 43.4 Å². The zero-order chi connectivity index (χ0) is 19.1. The highest BCUT2D eigenvalue weighted by Crippen LogP contribution is 2.21. The van der Waals surface area contributed by atoms with E-state index in [2.05, 4.69) is 10.6 Å². The molecule has 1 heterocycles. The van der Waals surface area contributed by atoms with E-state index in [0.29, 0.717) is 6.42 Å². The lowest BCUT2D eigenvalue weighted by Crippen LogP contribution is -2.23. The predicted octanol–water partition coefficient (Wildman–Crippen LogP) is 3.11. The van der Waals surface area contributed by atoms with E-state index in [4.69, 9.17) is 0 Å². The Balaban J connectivity index is 1.91. The van der Waals surface area contributed by atoms with Gasteiger partial charge in [-0.15, -0.1) is 0 Å². The Kier molecular flexibility index (Phi) is 6.95. The molecule has 0 aliphatic rings. The van der Waals surface area contributed by atoms with Gasteiger partial charge in [-0.2, -0.15) is 0 Å². The second-order valence-electron chi connectivity index (χ2n) is 6.70. The molecule has 0 fully saturated rings. The first-order valence-electron chi connectivity index (χ1n) is 9.00. The van der Waals surface area contributed by atoms with Crippen molar-refractivity contribution < 1.29 is 14.4 Å². The number of carbonyl (C=O) groups is 3. The van der Waals surface area contributed by atoms with Crippen LogP contribution in [-0.2, 0) is 20.9 Å². The average molecular weight is 357 g/mol. The molecule has 0 spiro atoms. The Hall–Kier alpha value is -2.63. The molecule has 6 heteroatoms. The highest BCUT2D eigenvalue weighted by Gasteiger charge is 2.09. The number of benzene rings is 1. The number of hydrogen-bond acceptors (Lipinski definition) is 3. The van der Waals surface area contributed by atoms with Gasteiger partial charge in [0, 0.05) is 31.3 Å². The second-order valence-corrected chi connectivity index (χ2v) is 6.70. The molecular weight excluding hydrogens is 330 g/mol. The van der Waals surface area contributed by atoms with E-state index in [1.165, 1.54) is 0 Å². The summed E-state index contributed by atoms with van der Waals surface area (Å²) in [5.41, 5.74) is 1.62. The molecule has 0 radical (unpaired) electrons. The number of rotatable bonds is 9. The van der Waals surface area contributed by atoms with Crippen molar-refractivity contribution in [2.45, 2.75) is 46.1 Å². The SMILES string of the molecule is CNC(=O)Cn1ccc2ccc(NC(=O)CCCCC(C)C(C)=O)cc21. The minimum absolute atomic E-state index is 0.0377. The normalized spacial score (nSPS) is 12.0. The number of fused-ring (bicyclic) bond motifs is 1. The lowest BCUT2D eigenvalue weighted by Gasteiger charge is -2.09. The summed E-state index contributed by atoms with van der Waals surface area (Å²) in [6, 6.07) is 7.62. The number of ketones is 1. The summed E-state index contributed by atoms with van der Waals surface area (Å²) in [6.45, 7) is 3.77. The first-order chi connectivity index (χ1) is 12.4. The molecule has 1 atom stereocenters. The molecule has 0 aliphatic heterocycles.